The van der Waals surface area contributed by atoms with E-state index in [1.54, 1.807) is 7.11 Å². The van der Waals surface area contributed by atoms with Gasteiger partial charge in [-0.05, 0) is 25.0 Å². The molecule has 0 radical (unpaired) electrons. The monoisotopic (exact) mass is 281 g/mol. The van der Waals surface area contributed by atoms with Crippen molar-refractivity contribution in [2.45, 2.75) is 32.5 Å². The number of nitrogens with two attached hydrogens (primary N) is 1. The number of ether oxygens (including phenoxy) is 4. The Balaban J connectivity index is 2.17. The van der Waals surface area contributed by atoms with E-state index in [1.807, 2.05) is 12.1 Å². The first-order valence-electron chi connectivity index (χ1n) is 7.09. The third kappa shape index (κ3) is 3.55. The highest BCUT2D eigenvalue weighted by Gasteiger charge is 2.20. The summed E-state index contributed by atoms with van der Waals surface area (Å²) in [6.45, 7) is 4.14. The second kappa shape index (κ2) is 7.36. The minimum Gasteiger partial charge on any atom is -0.493 e. The van der Waals surface area contributed by atoms with Gasteiger partial charge in [0, 0.05) is 5.56 Å². The molecule has 1 aliphatic rings. The van der Waals surface area contributed by atoms with Gasteiger partial charge in [0.05, 0.1) is 32.6 Å². The summed E-state index contributed by atoms with van der Waals surface area (Å²) in [4.78, 5) is 0. The Morgan fingerprint density at radius 1 is 1.30 bits per heavy atom. The summed E-state index contributed by atoms with van der Waals surface area (Å²) in [6.07, 6.45) is 2.61. The van der Waals surface area contributed by atoms with E-state index in [0.29, 0.717) is 37.0 Å². The zero-order valence-corrected chi connectivity index (χ0v) is 12.2. The Morgan fingerprint density at radius 2 is 2.05 bits per heavy atom. The largest absolute Gasteiger partial charge is 0.493 e. The molecule has 0 saturated carbocycles. The summed E-state index contributed by atoms with van der Waals surface area (Å²) in [5.74, 6) is 1.22. The van der Waals surface area contributed by atoms with Crippen molar-refractivity contribution in [3.05, 3.63) is 17.7 Å². The van der Waals surface area contributed by atoms with Gasteiger partial charge in [-0.25, -0.2) is 0 Å². The Morgan fingerprint density at radius 3 is 2.70 bits per heavy atom. The van der Waals surface area contributed by atoms with Crippen LogP contribution in [0.5, 0.6) is 11.5 Å². The zero-order valence-electron chi connectivity index (χ0n) is 12.2. The van der Waals surface area contributed by atoms with E-state index in [2.05, 4.69) is 6.92 Å². The van der Waals surface area contributed by atoms with Crippen LogP contribution in [0.25, 0.3) is 0 Å². The first-order chi connectivity index (χ1) is 9.76. The maximum Gasteiger partial charge on any atom is 0.184 e. The van der Waals surface area contributed by atoms with Gasteiger partial charge in [0.1, 0.15) is 0 Å². The van der Waals surface area contributed by atoms with Gasteiger partial charge in [-0.1, -0.05) is 13.3 Å². The third-order valence-corrected chi connectivity index (χ3v) is 3.17. The predicted octanol–water partition coefficient (Wildman–Crippen LogP) is 2.89. The van der Waals surface area contributed by atoms with E-state index in [4.69, 9.17) is 24.7 Å². The maximum absolute atomic E-state index is 6.07. The predicted molar refractivity (Wildman–Crippen MR) is 77.1 cm³/mol. The van der Waals surface area contributed by atoms with Gasteiger partial charge < -0.3 is 24.7 Å². The molecule has 1 aromatic rings. The van der Waals surface area contributed by atoms with Gasteiger partial charge in [-0.2, -0.15) is 0 Å². The van der Waals surface area contributed by atoms with Crippen LogP contribution in [0.1, 0.15) is 38.0 Å². The van der Waals surface area contributed by atoms with Gasteiger partial charge in [0.25, 0.3) is 0 Å². The molecule has 0 atom stereocenters. The average Bonchev–Trinajstić information content (AvgIpc) is 2.49. The van der Waals surface area contributed by atoms with Gasteiger partial charge in [-0.15, -0.1) is 0 Å². The molecule has 0 aromatic heterocycles. The first-order valence-corrected chi connectivity index (χ1v) is 7.09. The summed E-state index contributed by atoms with van der Waals surface area (Å²) < 4.78 is 22.2. The molecule has 0 unspecified atom stereocenters. The number of anilines is 1. The molecule has 1 heterocycles. The topological polar surface area (TPSA) is 62.9 Å². The standard InChI is InChI=1S/C15H23NO4/c1-3-4-6-18-14-12(16)9-11(10-13(14)17-2)15-19-7-5-8-20-15/h9-10,15H,3-8,16H2,1-2H3. The van der Waals surface area contributed by atoms with E-state index in [1.165, 1.54) is 0 Å². The fourth-order valence-corrected chi connectivity index (χ4v) is 2.09. The highest BCUT2D eigenvalue weighted by Crippen LogP contribution is 2.38. The minimum atomic E-state index is -0.371. The lowest BCUT2D eigenvalue weighted by atomic mass is 10.1. The average molecular weight is 281 g/mol. The molecule has 0 spiro atoms. The van der Waals surface area contributed by atoms with Crippen LogP contribution in [0.15, 0.2) is 12.1 Å². The SMILES string of the molecule is CCCCOc1c(N)cc(C2OCCCO2)cc1OC. The second-order valence-corrected chi connectivity index (χ2v) is 4.77. The van der Waals surface area contributed by atoms with E-state index >= 15 is 0 Å². The molecule has 1 fully saturated rings. The maximum atomic E-state index is 6.07. The third-order valence-electron chi connectivity index (χ3n) is 3.17. The van der Waals surface area contributed by atoms with Gasteiger partial charge in [-0.3, -0.25) is 0 Å². The lowest BCUT2D eigenvalue weighted by Crippen LogP contribution is -2.18. The fraction of sp³-hybridized carbons (Fsp3) is 0.600. The van der Waals surface area contributed by atoms with Crippen molar-refractivity contribution in [3.8, 4) is 11.5 Å². The summed E-state index contributed by atoms with van der Waals surface area (Å²) in [7, 11) is 1.60. The molecule has 112 valence electrons. The van der Waals surface area contributed by atoms with Crippen molar-refractivity contribution in [1.82, 2.24) is 0 Å². The molecule has 5 nitrogen and oxygen atoms in total. The summed E-state index contributed by atoms with van der Waals surface area (Å²) in [5, 5.41) is 0. The van der Waals surface area contributed by atoms with E-state index in [0.717, 1.165) is 24.8 Å². The number of methoxy groups -OCH3 is 1. The Hall–Kier alpha value is -1.46. The van der Waals surface area contributed by atoms with Crippen LogP contribution < -0.4 is 15.2 Å². The molecular formula is C15H23NO4. The van der Waals surface area contributed by atoms with E-state index < -0.39 is 0 Å². The number of benzene rings is 1. The molecule has 20 heavy (non-hydrogen) atoms. The Kier molecular flexibility index (Phi) is 5.49. The number of hydrogen-bond donors (Lipinski definition) is 1. The van der Waals surface area contributed by atoms with Crippen molar-refractivity contribution in [2.24, 2.45) is 0 Å². The summed E-state index contributed by atoms with van der Waals surface area (Å²) in [5.41, 5.74) is 7.48. The zero-order chi connectivity index (χ0) is 14.4. The van der Waals surface area contributed by atoms with Crippen molar-refractivity contribution in [1.29, 1.82) is 0 Å². The smallest absolute Gasteiger partial charge is 0.184 e. The second-order valence-electron chi connectivity index (χ2n) is 4.77. The van der Waals surface area contributed by atoms with Crippen molar-refractivity contribution in [2.75, 3.05) is 32.7 Å². The lowest BCUT2D eigenvalue weighted by molar-refractivity contribution is -0.183. The molecule has 1 saturated heterocycles. The molecule has 5 heteroatoms. The van der Waals surface area contributed by atoms with Crippen LogP contribution in [0, 0.1) is 0 Å². The van der Waals surface area contributed by atoms with Crippen LogP contribution >= 0.6 is 0 Å². The molecule has 2 rings (SSSR count). The van der Waals surface area contributed by atoms with Crippen LogP contribution in [0.3, 0.4) is 0 Å². The highest BCUT2D eigenvalue weighted by atomic mass is 16.7. The molecule has 1 aliphatic heterocycles. The normalized spacial score (nSPS) is 16.1. The lowest BCUT2D eigenvalue weighted by Gasteiger charge is -2.24. The Bertz CT molecular complexity index is 430. The van der Waals surface area contributed by atoms with Gasteiger partial charge in [0.15, 0.2) is 17.8 Å². The molecule has 0 aliphatic carbocycles. The number of unbranched alkanes of at least 4 members (excludes halogenated alkanes) is 1. The summed E-state index contributed by atoms with van der Waals surface area (Å²) >= 11 is 0. The van der Waals surface area contributed by atoms with Crippen LogP contribution in [-0.2, 0) is 9.47 Å². The van der Waals surface area contributed by atoms with Crippen molar-refractivity contribution < 1.29 is 18.9 Å². The van der Waals surface area contributed by atoms with E-state index in [9.17, 15) is 0 Å². The molecule has 1 aromatic carbocycles. The molecule has 2 N–H and O–H groups in total. The number of nitrogen functional groups attached to an aromatic ring is 1. The van der Waals surface area contributed by atoms with Gasteiger partial charge in [0.2, 0.25) is 0 Å². The van der Waals surface area contributed by atoms with Gasteiger partial charge >= 0.3 is 0 Å². The number of hydrogen-bond acceptors (Lipinski definition) is 5. The first kappa shape index (κ1) is 14.9. The van der Waals surface area contributed by atoms with Crippen LogP contribution in [0.2, 0.25) is 0 Å². The minimum absolute atomic E-state index is 0.371. The molecule has 0 bridgehead atoms. The molecule has 0 amide bonds. The highest BCUT2D eigenvalue weighted by molar-refractivity contribution is 5.62. The number of rotatable bonds is 6. The van der Waals surface area contributed by atoms with Crippen LogP contribution in [-0.4, -0.2) is 26.9 Å². The quantitative estimate of drug-likeness (QED) is 0.641. The molecular weight excluding hydrogens is 258 g/mol. The Labute approximate surface area is 120 Å². The van der Waals surface area contributed by atoms with E-state index in [-0.39, 0.29) is 6.29 Å². The summed E-state index contributed by atoms with van der Waals surface area (Å²) in [6, 6.07) is 3.70. The van der Waals surface area contributed by atoms with Crippen molar-refractivity contribution in [3.63, 3.8) is 0 Å². The fourth-order valence-electron chi connectivity index (χ4n) is 2.09. The van der Waals surface area contributed by atoms with Crippen molar-refractivity contribution >= 4 is 5.69 Å². The van der Waals surface area contributed by atoms with Crippen LogP contribution in [0.4, 0.5) is 5.69 Å².